The van der Waals surface area contributed by atoms with Gasteiger partial charge >= 0.3 is 35.4 Å². The Bertz CT molecular complexity index is 762. The number of benzene rings is 1. The van der Waals surface area contributed by atoms with E-state index in [0.717, 1.165) is 18.3 Å². The van der Waals surface area contributed by atoms with Gasteiger partial charge in [0, 0.05) is 6.07 Å². The molecule has 1 N–H and O–H groups in total. The fraction of sp³-hybridized carbons (Fsp3) is 0. The van der Waals surface area contributed by atoms with Crippen molar-refractivity contribution in [2.24, 2.45) is 10.2 Å². The van der Waals surface area contributed by atoms with Crippen LogP contribution < -0.4 is 34.3 Å². The maximum absolute atomic E-state index is 11.3. The minimum atomic E-state index is -4.50. The quantitative estimate of drug-likeness (QED) is 0.238. The van der Waals surface area contributed by atoms with Crippen LogP contribution in [0.2, 0.25) is 0 Å². The van der Waals surface area contributed by atoms with Crippen LogP contribution >= 0.6 is 0 Å². The third-order valence-electron chi connectivity index (χ3n) is 2.27. The number of aromatic nitrogens is 1. The van der Waals surface area contributed by atoms with E-state index < -0.39 is 10.1 Å². The Morgan fingerprint density at radius 3 is 2.19 bits per heavy atom. The number of azo groups is 1. The van der Waals surface area contributed by atoms with E-state index in [1.165, 1.54) is 24.3 Å². The zero-order valence-electron chi connectivity index (χ0n) is 10.9. The Kier molecular flexibility index (Phi) is 5.81. The molecule has 10 heteroatoms. The molecule has 0 saturated heterocycles. The molecule has 104 valence electrons. The van der Waals surface area contributed by atoms with Crippen LogP contribution in [0.25, 0.3) is 0 Å². The molecule has 8 nitrogen and oxygen atoms in total. The molecular formula is C11H8N3NaO5S. The second-order valence-corrected chi connectivity index (χ2v) is 5.10. The molecule has 1 aromatic carbocycles. The fourth-order valence-electron chi connectivity index (χ4n) is 1.33. The topological polar surface area (TPSA) is 129 Å². The van der Waals surface area contributed by atoms with Gasteiger partial charge in [-0.05, 0) is 35.4 Å². The molecule has 0 unspecified atom stereocenters. The van der Waals surface area contributed by atoms with Gasteiger partial charge in [-0.2, -0.15) is 0 Å². The van der Waals surface area contributed by atoms with Gasteiger partial charge in [0.05, 0.1) is 10.0 Å². The van der Waals surface area contributed by atoms with Crippen molar-refractivity contribution in [2.45, 2.75) is 4.90 Å². The van der Waals surface area contributed by atoms with Gasteiger partial charge in [0.1, 0.15) is 22.0 Å². The van der Waals surface area contributed by atoms with E-state index in [-0.39, 0.29) is 51.7 Å². The van der Waals surface area contributed by atoms with Crippen LogP contribution in [0.15, 0.2) is 57.7 Å². The minimum absolute atomic E-state index is 0. The van der Waals surface area contributed by atoms with Crippen LogP contribution in [0, 0.1) is 5.21 Å². The predicted molar refractivity (Wildman–Crippen MR) is 65.6 cm³/mol. The second-order valence-electron chi connectivity index (χ2n) is 3.72. The Balaban J connectivity index is 0.00000220. The van der Waals surface area contributed by atoms with E-state index in [0.29, 0.717) is 4.73 Å². The number of aromatic hydroxyl groups is 1. The third-order valence-corrected chi connectivity index (χ3v) is 3.12. The van der Waals surface area contributed by atoms with Gasteiger partial charge in [0.2, 0.25) is 0 Å². The van der Waals surface area contributed by atoms with Crippen LogP contribution in [-0.2, 0) is 10.1 Å². The van der Waals surface area contributed by atoms with Crippen molar-refractivity contribution in [1.82, 2.24) is 0 Å². The fourth-order valence-corrected chi connectivity index (χ4v) is 1.80. The first kappa shape index (κ1) is 17.5. The van der Waals surface area contributed by atoms with Crippen LogP contribution in [0.1, 0.15) is 0 Å². The number of rotatable bonds is 3. The summed E-state index contributed by atoms with van der Waals surface area (Å²) in [5, 5.41) is 27.7. The van der Waals surface area contributed by atoms with Gasteiger partial charge in [-0.1, -0.05) is 0 Å². The summed E-state index contributed by atoms with van der Waals surface area (Å²) >= 11 is 0. The first-order valence-corrected chi connectivity index (χ1v) is 6.67. The standard InChI is InChI=1S/C11H9N3O5S.Na/c15-9-3-6-11(14(16)7-9)13-12-8-1-4-10(5-2-8)20(17,18)19;/h1-7,15H,(H,17,18,19);/q;+1/p-1. The molecule has 0 radical (unpaired) electrons. The van der Waals surface area contributed by atoms with Crippen molar-refractivity contribution >= 4 is 21.6 Å². The number of nitrogens with zero attached hydrogens (tertiary/aromatic N) is 3. The van der Waals surface area contributed by atoms with E-state index in [4.69, 9.17) is 5.11 Å². The van der Waals surface area contributed by atoms with Crippen molar-refractivity contribution in [1.29, 1.82) is 0 Å². The molecule has 0 spiro atoms. The summed E-state index contributed by atoms with van der Waals surface area (Å²) in [5.41, 5.74) is 0.269. The Morgan fingerprint density at radius 1 is 1.05 bits per heavy atom. The predicted octanol–water partition coefficient (Wildman–Crippen LogP) is -1.65. The third kappa shape index (κ3) is 4.76. The zero-order valence-corrected chi connectivity index (χ0v) is 13.7. The summed E-state index contributed by atoms with van der Waals surface area (Å²) in [6, 6.07) is 7.29. The smallest absolute Gasteiger partial charge is 0.744 e. The van der Waals surface area contributed by atoms with E-state index in [9.17, 15) is 18.2 Å². The Labute approximate surface area is 142 Å². The molecule has 0 amide bonds. The number of hydrogen-bond acceptors (Lipinski definition) is 7. The maximum atomic E-state index is 11.3. The van der Waals surface area contributed by atoms with Crippen LogP contribution in [0.4, 0.5) is 11.5 Å². The van der Waals surface area contributed by atoms with Gasteiger partial charge in [-0.15, -0.1) is 0 Å². The summed E-state index contributed by atoms with van der Waals surface area (Å²) in [4.78, 5) is -0.375. The Hall–Kier alpha value is -1.52. The second kappa shape index (κ2) is 6.96. The monoisotopic (exact) mass is 317 g/mol. The van der Waals surface area contributed by atoms with Crippen LogP contribution in [0.3, 0.4) is 0 Å². The average molecular weight is 317 g/mol. The molecule has 2 aromatic rings. The molecular weight excluding hydrogens is 309 g/mol. The van der Waals surface area contributed by atoms with Gasteiger partial charge in [0.15, 0.2) is 5.75 Å². The molecule has 0 bridgehead atoms. The molecule has 2 rings (SSSR count). The normalized spacial score (nSPS) is 11.3. The SMILES string of the molecule is O=S(=O)([O-])c1ccc(N=Nc2ccc(O)c[n+]2[O-])cc1.[Na+]. The van der Waals surface area contributed by atoms with Crippen molar-refractivity contribution in [3.8, 4) is 5.75 Å². The van der Waals surface area contributed by atoms with Crippen LogP contribution in [-0.4, -0.2) is 18.1 Å². The summed E-state index contributed by atoms with van der Waals surface area (Å²) in [6.07, 6.45) is 0.918. The van der Waals surface area contributed by atoms with E-state index >= 15 is 0 Å². The van der Waals surface area contributed by atoms with Gasteiger partial charge in [-0.3, -0.25) is 0 Å². The molecule has 0 aliphatic carbocycles. The molecule has 1 heterocycles. The molecule has 0 aliphatic rings. The van der Waals surface area contributed by atoms with Gasteiger partial charge in [-0.25, -0.2) is 13.1 Å². The zero-order chi connectivity index (χ0) is 14.8. The van der Waals surface area contributed by atoms with Crippen LogP contribution in [0.5, 0.6) is 5.75 Å². The maximum Gasteiger partial charge on any atom is 1.00 e. The molecule has 21 heavy (non-hydrogen) atoms. The van der Waals surface area contributed by atoms with Crippen molar-refractivity contribution < 1.29 is 52.4 Å². The first-order valence-electron chi connectivity index (χ1n) is 5.26. The van der Waals surface area contributed by atoms with Gasteiger partial charge in [0.25, 0.3) is 0 Å². The molecule has 0 aliphatic heterocycles. The molecule has 0 fully saturated rings. The van der Waals surface area contributed by atoms with E-state index in [1.54, 1.807) is 0 Å². The molecule has 0 atom stereocenters. The summed E-state index contributed by atoms with van der Waals surface area (Å²) in [5.74, 6) is -0.257. The first-order chi connectivity index (χ1) is 9.36. The minimum Gasteiger partial charge on any atom is -0.744 e. The van der Waals surface area contributed by atoms with Gasteiger partial charge < -0.3 is 14.9 Å². The van der Waals surface area contributed by atoms with E-state index in [1.807, 2.05) is 0 Å². The molecule has 0 saturated carbocycles. The molecule has 1 aromatic heterocycles. The van der Waals surface area contributed by atoms with Crippen molar-refractivity contribution in [3.63, 3.8) is 0 Å². The van der Waals surface area contributed by atoms with E-state index in [2.05, 4.69) is 10.2 Å². The van der Waals surface area contributed by atoms with Crippen molar-refractivity contribution in [3.05, 3.63) is 47.8 Å². The average Bonchev–Trinajstić information content (AvgIpc) is 2.37. The summed E-state index contributed by atoms with van der Waals surface area (Å²) < 4.78 is 32.5. The Morgan fingerprint density at radius 2 is 1.67 bits per heavy atom. The number of pyridine rings is 1. The van der Waals surface area contributed by atoms with Crippen molar-refractivity contribution in [2.75, 3.05) is 0 Å². The largest absolute Gasteiger partial charge is 1.00 e. The number of hydrogen-bond donors (Lipinski definition) is 1. The summed E-state index contributed by atoms with van der Waals surface area (Å²) in [7, 11) is -4.50. The summed E-state index contributed by atoms with van der Waals surface area (Å²) in [6.45, 7) is 0.